The molecule has 0 aromatic rings. The van der Waals surface area contributed by atoms with Gasteiger partial charge in [0.15, 0.2) is 8.32 Å². The van der Waals surface area contributed by atoms with Gasteiger partial charge in [0, 0.05) is 23.8 Å². The number of hydrogen-bond acceptors (Lipinski definition) is 3. The van der Waals surface area contributed by atoms with E-state index in [-0.39, 0.29) is 18.3 Å². The van der Waals surface area contributed by atoms with Crippen LogP contribution in [0.2, 0.25) is 19.1 Å². The normalized spacial score (nSPS) is 26.4. The second-order valence-electron chi connectivity index (χ2n) is 7.56. The van der Waals surface area contributed by atoms with Gasteiger partial charge in [-0.3, -0.25) is 4.79 Å². The van der Waals surface area contributed by atoms with Crippen LogP contribution in [-0.2, 0) is 14.0 Å². The third-order valence-electron chi connectivity index (χ3n) is 4.17. The average Bonchev–Trinajstić information content (AvgIpc) is 2.29. The van der Waals surface area contributed by atoms with Crippen molar-refractivity contribution >= 4 is 25.7 Å². The average molecular weight is 335 g/mol. The molecule has 5 heteroatoms. The van der Waals surface area contributed by atoms with E-state index in [0.717, 1.165) is 18.9 Å². The van der Waals surface area contributed by atoms with Gasteiger partial charge in [0.25, 0.3) is 0 Å². The molecule has 1 heterocycles. The maximum Gasteiger partial charge on any atom is 0.189 e. The first-order valence-corrected chi connectivity index (χ1v) is 11.7. The summed E-state index contributed by atoms with van der Waals surface area (Å²) in [7, 11) is -1.79. The van der Waals surface area contributed by atoms with E-state index in [4.69, 9.17) is 20.8 Å². The van der Waals surface area contributed by atoms with Crippen molar-refractivity contribution in [2.45, 2.75) is 84.4 Å². The minimum absolute atomic E-state index is 0.00580. The van der Waals surface area contributed by atoms with Crippen molar-refractivity contribution in [3.05, 3.63) is 0 Å². The van der Waals surface area contributed by atoms with Crippen molar-refractivity contribution in [3.63, 3.8) is 0 Å². The van der Waals surface area contributed by atoms with Crippen molar-refractivity contribution in [1.29, 1.82) is 0 Å². The Morgan fingerprint density at radius 3 is 2.57 bits per heavy atom. The zero-order chi connectivity index (χ0) is 16.3. The van der Waals surface area contributed by atoms with Crippen LogP contribution in [-0.4, -0.2) is 38.3 Å². The zero-order valence-electron chi connectivity index (χ0n) is 14.4. The van der Waals surface area contributed by atoms with Gasteiger partial charge < -0.3 is 9.16 Å². The lowest BCUT2D eigenvalue weighted by molar-refractivity contribution is -0.158. The molecule has 0 bridgehead atoms. The Kier molecular flexibility index (Phi) is 6.91. The predicted molar refractivity (Wildman–Crippen MR) is 90.5 cm³/mol. The molecule has 1 aliphatic heterocycles. The predicted octanol–water partition coefficient (Wildman–Crippen LogP) is 4.39. The maximum absolute atomic E-state index is 12.5. The van der Waals surface area contributed by atoms with Gasteiger partial charge >= 0.3 is 0 Å². The van der Waals surface area contributed by atoms with E-state index in [1.807, 2.05) is 13.8 Å². The van der Waals surface area contributed by atoms with Crippen LogP contribution in [0.15, 0.2) is 0 Å². The number of alkyl halides is 1. The lowest BCUT2D eigenvalue weighted by Crippen LogP contribution is -2.50. The van der Waals surface area contributed by atoms with Crippen molar-refractivity contribution in [3.8, 4) is 0 Å². The Bertz CT molecular complexity index is 355. The van der Waals surface area contributed by atoms with Crippen molar-refractivity contribution in [2.24, 2.45) is 5.41 Å². The van der Waals surface area contributed by atoms with Gasteiger partial charge in [-0.25, -0.2) is 0 Å². The smallest absolute Gasteiger partial charge is 0.189 e. The third-order valence-corrected chi connectivity index (χ3v) is 6.98. The van der Waals surface area contributed by atoms with Crippen molar-refractivity contribution in [1.82, 2.24) is 0 Å². The fraction of sp³-hybridized carbons (Fsp3) is 0.938. The number of Topliss-reactive ketones (excluding diaryl/α,β-unsaturated/α-hetero) is 1. The van der Waals surface area contributed by atoms with E-state index in [1.54, 1.807) is 0 Å². The lowest BCUT2D eigenvalue weighted by Gasteiger charge is -2.42. The summed E-state index contributed by atoms with van der Waals surface area (Å²) in [4.78, 5) is 12.5. The molecule has 0 N–H and O–H groups in total. The second kappa shape index (κ2) is 7.58. The van der Waals surface area contributed by atoms with Crippen molar-refractivity contribution < 1.29 is 14.0 Å². The van der Waals surface area contributed by atoms with Crippen LogP contribution < -0.4 is 0 Å². The highest BCUT2D eigenvalue weighted by Crippen LogP contribution is 2.38. The summed E-state index contributed by atoms with van der Waals surface area (Å²) in [5.74, 6) is 0.929. The van der Waals surface area contributed by atoms with Gasteiger partial charge in [-0.05, 0) is 45.8 Å². The monoisotopic (exact) mass is 334 g/mol. The van der Waals surface area contributed by atoms with Crippen LogP contribution >= 0.6 is 11.6 Å². The number of carbonyl (C=O) groups excluding carboxylic acids is 1. The molecule has 3 nitrogen and oxygen atoms in total. The Labute approximate surface area is 135 Å². The van der Waals surface area contributed by atoms with Gasteiger partial charge in [0.05, 0.1) is 12.2 Å². The fourth-order valence-corrected chi connectivity index (χ4v) is 6.01. The van der Waals surface area contributed by atoms with E-state index >= 15 is 0 Å². The molecule has 0 saturated carbocycles. The molecule has 124 valence electrons. The Hall–Kier alpha value is 0.0969. The Balaban J connectivity index is 2.71. The van der Waals surface area contributed by atoms with Gasteiger partial charge in [0.2, 0.25) is 0 Å². The van der Waals surface area contributed by atoms with Crippen LogP contribution in [0.3, 0.4) is 0 Å². The summed E-state index contributed by atoms with van der Waals surface area (Å²) in [6.45, 7) is 12.5. The second-order valence-corrected chi connectivity index (χ2v) is 12.1. The summed E-state index contributed by atoms with van der Waals surface area (Å²) < 4.78 is 12.3. The fourth-order valence-electron chi connectivity index (χ4n) is 3.15. The topological polar surface area (TPSA) is 35.5 Å². The summed E-state index contributed by atoms with van der Waals surface area (Å²) in [5.41, 5.74) is -0.396. The first-order chi connectivity index (χ1) is 9.58. The van der Waals surface area contributed by atoms with Crippen molar-refractivity contribution in [2.75, 3.05) is 5.88 Å². The molecule has 1 fully saturated rings. The number of ether oxygens (including phenoxy) is 1. The van der Waals surface area contributed by atoms with E-state index in [1.165, 1.54) is 0 Å². The molecule has 0 spiro atoms. The largest absolute Gasteiger partial charge is 0.415 e. The number of hydrogen-bond donors (Lipinski definition) is 0. The van der Waals surface area contributed by atoms with Crippen LogP contribution in [0.25, 0.3) is 0 Å². The van der Waals surface area contributed by atoms with Gasteiger partial charge in [-0.15, -0.1) is 11.6 Å². The highest BCUT2D eigenvalue weighted by atomic mass is 35.5. The minimum atomic E-state index is -1.79. The van der Waals surface area contributed by atoms with E-state index < -0.39 is 13.7 Å². The highest BCUT2D eigenvalue weighted by molar-refractivity contribution is 6.71. The molecule has 0 amide bonds. The number of rotatable bonds is 7. The first-order valence-electron chi connectivity index (χ1n) is 8.01. The first kappa shape index (κ1) is 19.1. The standard InChI is InChI=1S/C16H31ClO3Si/c1-12(2)20-21(5,6)11-13-10-14(18)16(3,4)15(19-13)8-7-9-17/h12-13,15H,7-11H2,1-6H3/t13-,15+/m0/s1. The number of halogens is 1. The summed E-state index contributed by atoms with van der Waals surface area (Å²) in [6, 6.07) is 0.879. The summed E-state index contributed by atoms with van der Waals surface area (Å²) in [5, 5.41) is 0. The maximum atomic E-state index is 12.5. The molecular formula is C16H31ClO3Si. The van der Waals surface area contributed by atoms with Gasteiger partial charge in [-0.2, -0.15) is 0 Å². The molecule has 21 heavy (non-hydrogen) atoms. The van der Waals surface area contributed by atoms with Crippen LogP contribution in [0.1, 0.15) is 47.0 Å². The molecule has 1 saturated heterocycles. The molecule has 0 aromatic carbocycles. The SMILES string of the molecule is CC(C)O[Si](C)(C)C[C@@H]1CC(=O)C(C)(C)[C@@H](CCCCl)O1. The highest BCUT2D eigenvalue weighted by Gasteiger charge is 2.45. The van der Waals surface area contributed by atoms with Crippen LogP contribution in [0.4, 0.5) is 0 Å². The zero-order valence-corrected chi connectivity index (χ0v) is 16.1. The molecule has 0 radical (unpaired) electrons. The van der Waals surface area contributed by atoms with E-state index in [2.05, 4.69) is 26.9 Å². The molecule has 2 atom stereocenters. The molecule has 0 aliphatic carbocycles. The summed E-state index contributed by atoms with van der Waals surface area (Å²) >= 11 is 5.80. The Morgan fingerprint density at radius 2 is 2.05 bits per heavy atom. The molecular weight excluding hydrogens is 304 g/mol. The van der Waals surface area contributed by atoms with Gasteiger partial charge in [-0.1, -0.05) is 13.8 Å². The Morgan fingerprint density at radius 1 is 1.43 bits per heavy atom. The summed E-state index contributed by atoms with van der Waals surface area (Å²) in [6.07, 6.45) is 2.47. The molecule has 1 rings (SSSR count). The minimum Gasteiger partial charge on any atom is -0.415 e. The number of carbonyl (C=O) groups is 1. The molecule has 1 aliphatic rings. The molecule has 0 aromatic heterocycles. The van der Waals surface area contributed by atoms with E-state index in [0.29, 0.717) is 18.1 Å². The van der Waals surface area contributed by atoms with Crippen LogP contribution in [0.5, 0.6) is 0 Å². The third kappa shape index (κ3) is 5.66. The van der Waals surface area contributed by atoms with E-state index in [9.17, 15) is 4.79 Å². The lowest BCUT2D eigenvalue weighted by atomic mass is 9.76. The quantitative estimate of drug-likeness (QED) is 0.511. The number of ketones is 1. The molecule has 0 unspecified atom stereocenters. The van der Waals surface area contributed by atoms with Crippen LogP contribution in [0, 0.1) is 5.41 Å². The van der Waals surface area contributed by atoms with Gasteiger partial charge in [0.1, 0.15) is 5.78 Å².